The fraction of sp³-hybridized carbons (Fsp3) is 0.364. The number of carbonyl (C=O) groups is 1. The van der Waals surface area contributed by atoms with E-state index in [0.717, 1.165) is 18.2 Å². The zero-order valence-corrected chi connectivity index (χ0v) is 11.4. The van der Waals surface area contributed by atoms with Gasteiger partial charge in [-0.05, 0) is 32.0 Å². The maximum Gasteiger partial charge on any atom is 0.409 e. The van der Waals surface area contributed by atoms with Crippen molar-refractivity contribution in [3.05, 3.63) is 24.3 Å². The standard InChI is InChI=1S/C11H12F3NO4S/c1-10(2,11(12,13)14)20(17,18)8-5-3-4-7(6-8)19-9(15)16/h3-6H,1-2H3,(H2,15,16). The van der Waals surface area contributed by atoms with Gasteiger partial charge in [-0.15, -0.1) is 0 Å². The van der Waals surface area contributed by atoms with E-state index in [0.29, 0.717) is 13.8 Å². The molecule has 0 atom stereocenters. The predicted molar refractivity (Wildman–Crippen MR) is 64.0 cm³/mol. The van der Waals surface area contributed by atoms with Crippen LogP contribution in [0.1, 0.15) is 13.8 Å². The van der Waals surface area contributed by atoms with E-state index in [1.54, 1.807) is 0 Å². The van der Waals surface area contributed by atoms with Crippen LogP contribution in [-0.4, -0.2) is 25.4 Å². The van der Waals surface area contributed by atoms with E-state index >= 15 is 0 Å². The number of halogens is 3. The number of carbonyl (C=O) groups excluding carboxylic acids is 1. The van der Waals surface area contributed by atoms with Gasteiger partial charge in [0.15, 0.2) is 14.6 Å². The molecule has 1 rings (SSSR count). The molecule has 0 aromatic heterocycles. The van der Waals surface area contributed by atoms with Crippen molar-refractivity contribution in [2.75, 3.05) is 0 Å². The van der Waals surface area contributed by atoms with Crippen LogP contribution in [-0.2, 0) is 9.84 Å². The minimum absolute atomic E-state index is 0.253. The molecular formula is C11H12F3NO4S. The first-order valence-corrected chi connectivity index (χ1v) is 6.76. The summed E-state index contributed by atoms with van der Waals surface area (Å²) in [5, 5.41) is 0. The number of hydrogen-bond acceptors (Lipinski definition) is 4. The highest BCUT2D eigenvalue weighted by Gasteiger charge is 2.57. The van der Waals surface area contributed by atoms with Crippen molar-refractivity contribution in [3.8, 4) is 5.75 Å². The van der Waals surface area contributed by atoms with Crippen LogP contribution in [0.2, 0.25) is 0 Å². The molecule has 0 saturated carbocycles. The Morgan fingerprint density at radius 1 is 1.25 bits per heavy atom. The number of hydrogen-bond donors (Lipinski definition) is 1. The van der Waals surface area contributed by atoms with Crippen molar-refractivity contribution in [3.63, 3.8) is 0 Å². The molecule has 0 saturated heterocycles. The fourth-order valence-corrected chi connectivity index (χ4v) is 2.69. The molecule has 0 spiro atoms. The van der Waals surface area contributed by atoms with Gasteiger partial charge in [-0.3, -0.25) is 0 Å². The second-order valence-corrected chi connectivity index (χ2v) is 6.91. The van der Waals surface area contributed by atoms with Gasteiger partial charge in [-0.1, -0.05) is 6.07 Å². The Kier molecular flexibility index (Phi) is 4.04. The van der Waals surface area contributed by atoms with Crippen molar-refractivity contribution < 1.29 is 31.1 Å². The number of primary amides is 1. The average molecular weight is 311 g/mol. The van der Waals surface area contributed by atoms with Crippen molar-refractivity contribution in [2.45, 2.75) is 29.7 Å². The van der Waals surface area contributed by atoms with E-state index in [2.05, 4.69) is 4.74 Å². The summed E-state index contributed by atoms with van der Waals surface area (Å²) in [6, 6.07) is 4.15. The molecule has 1 aromatic rings. The Labute approximate surface area is 113 Å². The Bertz CT molecular complexity index is 623. The summed E-state index contributed by atoms with van der Waals surface area (Å²) in [5.41, 5.74) is 4.75. The third kappa shape index (κ3) is 2.87. The average Bonchev–Trinajstić information content (AvgIpc) is 2.26. The monoisotopic (exact) mass is 311 g/mol. The van der Waals surface area contributed by atoms with Gasteiger partial charge in [0.1, 0.15) is 5.75 Å². The van der Waals surface area contributed by atoms with Gasteiger partial charge in [0, 0.05) is 0 Å². The van der Waals surface area contributed by atoms with Crippen molar-refractivity contribution in [1.29, 1.82) is 0 Å². The molecule has 0 aliphatic carbocycles. The van der Waals surface area contributed by atoms with Crippen molar-refractivity contribution in [1.82, 2.24) is 0 Å². The van der Waals surface area contributed by atoms with Gasteiger partial charge in [-0.25, -0.2) is 13.2 Å². The molecule has 1 aromatic carbocycles. The lowest BCUT2D eigenvalue weighted by Gasteiger charge is -2.27. The first-order chi connectivity index (χ1) is 8.89. The molecule has 0 aliphatic heterocycles. The largest absolute Gasteiger partial charge is 0.410 e. The highest BCUT2D eigenvalue weighted by molar-refractivity contribution is 7.92. The summed E-state index contributed by atoms with van der Waals surface area (Å²) in [6.45, 7) is 1.12. The molecular weight excluding hydrogens is 299 g/mol. The quantitative estimate of drug-likeness (QED) is 0.927. The normalized spacial score (nSPS) is 13.1. The summed E-state index contributed by atoms with van der Waals surface area (Å²) in [7, 11) is -4.71. The minimum atomic E-state index is -4.95. The summed E-state index contributed by atoms with van der Waals surface area (Å²) in [6.07, 6.45) is -6.15. The maximum atomic E-state index is 12.8. The maximum absolute atomic E-state index is 12.8. The molecule has 20 heavy (non-hydrogen) atoms. The zero-order chi connectivity index (χ0) is 15.8. The molecule has 0 radical (unpaired) electrons. The fourth-order valence-electron chi connectivity index (χ4n) is 1.27. The van der Waals surface area contributed by atoms with Crippen molar-refractivity contribution >= 4 is 15.9 Å². The van der Waals surface area contributed by atoms with Gasteiger partial charge in [-0.2, -0.15) is 13.2 Å². The minimum Gasteiger partial charge on any atom is -0.410 e. The smallest absolute Gasteiger partial charge is 0.409 e. The summed E-state index contributed by atoms with van der Waals surface area (Å²) in [5.74, 6) is -0.253. The Hall–Kier alpha value is -1.77. The number of sulfone groups is 1. The SMILES string of the molecule is CC(C)(C(F)(F)F)S(=O)(=O)c1cccc(OC(N)=O)c1. The summed E-state index contributed by atoms with van der Waals surface area (Å²) in [4.78, 5) is 9.94. The Balaban J connectivity index is 3.33. The second-order valence-electron chi connectivity index (χ2n) is 4.41. The number of alkyl halides is 3. The van der Waals surface area contributed by atoms with Gasteiger partial charge >= 0.3 is 12.3 Å². The Morgan fingerprint density at radius 3 is 2.25 bits per heavy atom. The molecule has 5 nitrogen and oxygen atoms in total. The predicted octanol–water partition coefficient (Wildman–Crippen LogP) is 2.26. The zero-order valence-electron chi connectivity index (χ0n) is 10.6. The van der Waals surface area contributed by atoms with Crippen LogP contribution in [0.5, 0.6) is 5.75 Å². The van der Waals surface area contributed by atoms with E-state index in [9.17, 15) is 26.4 Å². The van der Waals surface area contributed by atoms with E-state index in [4.69, 9.17) is 5.73 Å². The van der Waals surface area contributed by atoms with E-state index in [1.807, 2.05) is 0 Å². The van der Waals surface area contributed by atoms with Gasteiger partial charge in [0.05, 0.1) is 4.90 Å². The Morgan fingerprint density at radius 2 is 1.80 bits per heavy atom. The number of nitrogens with two attached hydrogens (primary N) is 1. The van der Waals surface area contributed by atoms with Crippen LogP contribution in [0, 0.1) is 0 Å². The van der Waals surface area contributed by atoms with Gasteiger partial charge in [0.2, 0.25) is 0 Å². The third-order valence-corrected chi connectivity index (χ3v) is 5.14. The highest BCUT2D eigenvalue weighted by atomic mass is 32.2. The molecule has 112 valence electrons. The highest BCUT2D eigenvalue weighted by Crippen LogP contribution is 2.40. The molecule has 0 unspecified atom stereocenters. The topological polar surface area (TPSA) is 86.5 Å². The lowest BCUT2D eigenvalue weighted by Crippen LogP contribution is -2.46. The first kappa shape index (κ1) is 16.3. The van der Waals surface area contributed by atoms with Crippen LogP contribution in [0.4, 0.5) is 18.0 Å². The van der Waals surface area contributed by atoms with Crippen LogP contribution in [0.25, 0.3) is 0 Å². The number of amides is 1. The summed E-state index contributed by atoms with van der Waals surface area (Å²) < 4.78 is 64.1. The molecule has 0 bridgehead atoms. The van der Waals surface area contributed by atoms with Crippen LogP contribution < -0.4 is 10.5 Å². The van der Waals surface area contributed by atoms with Gasteiger partial charge in [0.25, 0.3) is 0 Å². The molecule has 0 aliphatic rings. The lowest BCUT2D eigenvalue weighted by atomic mass is 10.2. The second kappa shape index (κ2) is 4.97. The van der Waals surface area contributed by atoms with Crippen LogP contribution >= 0.6 is 0 Å². The first-order valence-electron chi connectivity index (χ1n) is 5.28. The van der Waals surface area contributed by atoms with Crippen LogP contribution in [0.15, 0.2) is 29.2 Å². The molecule has 9 heteroatoms. The van der Waals surface area contributed by atoms with E-state index in [1.165, 1.54) is 6.07 Å². The van der Waals surface area contributed by atoms with Crippen molar-refractivity contribution in [2.24, 2.45) is 5.73 Å². The molecule has 2 N–H and O–H groups in total. The third-order valence-electron chi connectivity index (χ3n) is 2.69. The van der Waals surface area contributed by atoms with E-state index < -0.39 is 31.7 Å². The van der Waals surface area contributed by atoms with Crippen LogP contribution in [0.3, 0.4) is 0 Å². The molecule has 1 amide bonds. The van der Waals surface area contributed by atoms with Gasteiger partial charge < -0.3 is 10.5 Å². The number of rotatable bonds is 3. The molecule has 0 fully saturated rings. The molecule has 0 heterocycles. The summed E-state index contributed by atoms with van der Waals surface area (Å²) >= 11 is 0. The van der Waals surface area contributed by atoms with E-state index in [-0.39, 0.29) is 5.75 Å². The lowest BCUT2D eigenvalue weighted by molar-refractivity contribution is -0.153. The number of ether oxygens (including phenoxy) is 1. The number of benzene rings is 1.